The van der Waals surface area contributed by atoms with E-state index in [1.165, 1.54) is 11.8 Å². The highest BCUT2D eigenvalue weighted by molar-refractivity contribution is 9.10. The standard InChI is InChI=1S/C35H31BrClN5O2S/c1-21-10-4-6-12-24(21)19-44-30-17-16-26(36)18-27(30)32-31(33(43)39-29-15-9-5-11-22(29)2)23(3)38-34-40-35(41-42(32)34)45-20-25-13-7-8-14-28(25)37/h4-18,32H,19-20H2,1-3H3,(H,39,43)(H,38,40,41). The van der Waals surface area contributed by atoms with Gasteiger partial charge in [0.1, 0.15) is 18.4 Å². The summed E-state index contributed by atoms with van der Waals surface area (Å²) in [4.78, 5) is 19.0. The number of rotatable bonds is 9. The van der Waals surface area contributed by atoms with Crippen molar-refractivity contribution in [3.05, 3.63) is 140 Å². The number of hydrogen-bond acceptors (Lipinski definition) is 6. The lowest BCUT2D eigenvalue weighted by Crippen LogP contribution is -2.32. The van der Waals surface area contributed by atoms with Gasteiger partial charge in [-0.05, 0) is 73.4 Å². The van der Waals surface area contributed by atoms with E-state index in [-0.39, 0.29) is 5.91 Å². The van der Waals surface area contributed by atoms with E-state index < -0.39 is 6.04 Å². The van der Waals surface area contributed by atoms with Gasteiger partial charge in [0.15, 0.2) is 0 Å². The Morgan fingerprint density at radius 1 is 0.978 bits per heavy atom. The number of ether oxygens (including phenoxy) is 1. The molecule has 0 spiro atoms. The van der Waals surface area contributed by atoms with Gasteiger partial charge in [-0.15, -0.1) is 5.10 Å². The number of carbonyl (C=O) groups excluding carboxylic acids is 1. The molecule has 6 rings (SSSR count). The maximum Gasteiger partial charge on any atom is 0.255 e. The van der Waals surface area contributed by atoms with E-state index in [0.717, 1.165) is 38.0 Å². The lowest BCUT2D eigenvalue weighted by atomic mass is 9.94. The molecule has 4 aromatic carbocycles. The molecule has 0 saturated heterocycles. The molecule has 1 unspecified atom stereocenters. The van der Waals surface area contributed by atoms with E-state index in [9.17, 15) is 4.79 Å². The molecule has 0 fully saturated rings. The number of aromatic nitrogens is 3. The molecule has 1 atom stereocenters. The molecular formula is C35H31BrClN5O2S. The largest absolute Gasteiger partial charge is 0.489 e. The Labute approximate surface area is 280 Å². The van der Waals surface area contributed by atoms with Crippen LogP contribution in [0.2, 0.25) is 5.02 Å². The van der Waals surface area contributed by atoms with Gasteiger partial charge >= 0.3 is 0 Å². The van der Waals surface area contributed by atoms with Crippen LogP contribution < -0.4 is 15.4 Å². The first-order valence-electron chi connectivity index (χ1n) is 14.4. The molecule has 1 amide bonds. The highest BCUT2D eigenvalue weighted by atomic mass is 79.9. The van der Waals surface area contributed by atoms with Crippen molar-refractivity contribution in [1.82, 2.24) is 14.8 Å². The van der Waals surface area contributed by atoms with Crippen molar-refractivity contribution in [1.29, 1.82) is 0 Å². The number of nitrogens with one attached hydrogen (secondary N) is 2. The fourth-order valence-corrected chi connectivity index (χ4v) is 6.72. The average Bonchev–Trinajstić information content (AvgIpc) is 3.43. The Morgan fingerprint density at radius 3 is 2.44 bits per heavy atom. The Morgan fingerprint density at radius 2 is 1.69 bits per heavy atom. The topological polar surface area (TPSA) is 81.1 Å². The molecule has 45 heavy (non-hydrogen) atoms. The fourth-order valence-electron chi connectivity index (χ4n) is 5.23. The number of anilines is 2. The number of thioether (sulfide) groups is 1. The van der Waals surface area contributed by atoms with Gasteiger partial charge in [-0.25, -0.2) is 4.68 Å². The molecule has 0 radical (unpaired) electrons. The minimum Gasteiger partial charge on any atom is -0.489 e. The number of nitrogens with zero attached hydrogens (tertiary/aromatic N) is 3. The number of fused-ring (bicyclic) bond motifs is 1. The highest BCUT2D eigenvalue weighted by Crippen LogP contribution is 2.42. The van der Waals surface area contributed by atoms with E-state index in [0.29, 0.717) is 45.5 Å². The summed E-state index contributed by atoms with van der Waals surface area (Å²) in [7, 11) is 0. The van der Waals surface area contributed by atoms with E-state index >= 15 is 0 Å². The molecule has 10 heteroatoms. The van der Waals surface area contributed by atoms with Gasteiger partial charge in [0.25, 0.3) is 5.91 Å². The Bertz CT molecular complexity index is 1920. The predicted molar refractivity (Wildman–Crippen MR) is 185 cm³/mol. The summed E-state index contributed by atoms with van der Waals surface area (Å²) in [6.07, 6.45) is 0. The van der Waals surface area contributed by atoms with E-state index in [2.05, 4.69) is 45.6 Å². The minimum absolute atomic E-state index is 0.240. The first kappa shape index (κ1) is 31.0. The molecule has 1 aliphatic rings. The smallest absolute Gasteiger partial charge is 0.255 e. The van der Waals surface area contributed by atoms with Crippen molar-refractivity contribution in [3.63, 3.8) is 0 Å². The molecule has 228 valence electrons. The summed E-state index contributed by atoms with van der Waals surface area (Å²) < 4.78 is 9.10. The SMILES string of the molecule is CC1=C(C(=O)Nc2ccccc2C)C(c2cc(Br)ccc2OCc2ccccc2C)n2nc(SCc3ccccc3Cl)nc2N1. The summed E-state index contributed by atoms with van der Waals surface area (Å²) >= 11 is 11.6. The lowest BCUT2D eigenvalue weighted by molar-refractivity contribution is -0.113. The van der Waals surface area contributed by atoms with Gasteiger partial charge < -0.3 is 15.4 Å². The zero-order valence-electron chi connectivity index (χ0n) is 25.0. The lowest BCUT2D eigenvalue weighted by Gasteiger charge is -2.30. The van der Waals surface area contributed by atoms with Crippen LogP contribution in [-0.4, -0.2) is 20.7 Å². The molecule has 0 bridgehead atoms. The zero-order valence-corrected chi connectivity index (χ0v) is 28.1. The summed E-state index contributed by atoms with van der Waals surface area (Å²) in [5.41, 5.74) is 6.90. The third-order valence-electron chi connectivity index (χ3n) is 7.70. The molecule has 5 aromatic rings. The highest BCUT2D eigenvalue weighted by Gasteiger charge is 2.36. The second-order valence-electron chi connectivity index (χ2n) is 10.8. The second-order valence-corrected chi connectivity index (χ2v) is 13.0. The van der Waals surface area contributed by atoms with Crippen molar-refractivity contribution in [2.24, 2.45) is 0 Å². The summed E-state index contributed by atoms with van der Waals surface area (Å²) in [5.74, 6) is 1.55. The number of para-hydroxylation sites is 1. The molecule has 7 nitrogen and oxygen atoms in total. The van der Waals surface area contributed by atoms with Crippen molar-refractivity contribution < 1.29 is 9.53 Å². The normalized spacial score (nSPS) is 14.1. The van der Waals surface area contributed by atoms with Gasteiger partial charge in [-0.3, -0.25) is 4.79 Å². The van der Waals surface area contributed by atoms with Crippen LogP contribution >= 0.6 is 39.3 Å². The van der Waals surface area contributed by atoms with E-state index in [1.54, 1.807) is 4.68 Å². The van der Waals surface area contributed by atoms with Gasteiger partial charge in [0.2, 0.25) is 11.1 Å². The van der Waals surface area contributed by atoms with Gasteiger partial charge in [0, 0.05) is 32.2 Å². The number of benzene rings is 4. The van der Waals surface area contributed by atoms with Crippen molar-refractivity contribution in [3.8, 4) is 5.75 Å². The minimum atomic E-state index is -0.628. The Balaban J connectivity index is 1.41. The number of halogens is 2. The molecule has 2 N–H and O–H groups in total. The van der Waals surface area contributed by atoms with Crippen LogP contribution in [0.4, 0.5) is 11.6 Å². The van der Waals surface area contributed by atoms with Gasteiger partial charge in [0.05, 0.1) is 5.57 Å². The first-order valence-corrected chi connectivity index (χ1v) is 16.6. The predicted octanol–water partition coefficient (Wildman–Crippen LogP) is 9.11. The van der Waals surface area contributed by atoms with Crippen LogP contribution in [0.15, 0.2) is 112 Å². The summed E-state index contributed by atoms with van der Waals surface area (Å²) in [6.45, 7) is 6.30. The molecule has 1 aromatic heterocycles. The molecule has 0 saturated carbocycles. The summed E-state index contributed by atoms with van der Waals surface area (Å²) in [6, 6.07) is 28.8. The molecule has 1 aliphatic heterocycles. The Kier molecular flexibility index (Phi) is 9.30. The maximum absolute atomic E-state index is 14.2. The third kappa shape index (κ3) is 6.81. The first-order chi connectivity index (χ1) is 21.8. The molecule has 0 aliphatic carbocycles. The fraction of sp³-hybridized carbons (Fsp3) is 0.171. The van der Waals surface area contributed by atoms with Crippen molar-refractivity contribution in [2.75, 3.05) is 10.6 Å². The second kappa shape index (κ2) is 13.5. The van der Waals surface area contributed by atoms with Crippen LogP contribution in [0.1, 0.15) is 40.8 Å². The summed E-state index contributed by atoms with van der Waals surface area (Å²) in [5, 5.41) is 12.7. The van der Waals surface area contributed by atoms with Crippen LogP contribution in [-0.2, 0) is 17.2 Å². The van der Waals surface area contributed by atoms with Crippen LogP contribution in [0, 0.1) is 13.8 Å². The van der Waals surface area contributed by atoms with Gasteiger partial charge in [-0.2, -0.15) is 4.98 Å². The van der Waals surface area contributed by atoms with Crippen LogP contribution in [0.5, 0.6) is 5.75 Å². The van der Waals surface area contributed by atoms with Gasteiger partial charge in [-0.1, -0.05) is 100.0 Å². The zero-order chi connectivity index (χ0) is 31.5. The van der Waals surface area contributed by atoms with Crippen LogP contribution in [0.25, 0.3) is 0 Å². The third-order valence-corrected chi connectivity index (χ3v) is 9.44. The van der Waals surface area contributed by atoms with E-state index in [1.807, 2.05) is 92.7 Å². The molecular weight excluding hydrogens is 670 g/mol. The number of carbonyl (C=O) groups is 1. The number of amides is 1. The monoisotopic (exact) mass is 699 g/mol. The number of aryl methyl sites for hydroxylation is 2. The maximum atomic E-state index is 14.2. The van der Waals surface area contributed by atoms with Crippen LogP contribution in [0.3, 0.4) is 0 Å². The number of hydrogen-bond donors (Lipinski definition) is 2. The van der Waals surface area contributed by atoms with Crippen molar-refractivity contribution >= 4 is 56.8 Å². The quantitative estimate of drug-likeness (QED) is 0.149. The molecule has 2 heterocycles. The number of allylic oxidation sites excluding steroid dienone is 1. The van der Waals surface area contributed by atoms with Crippen molar-refractivity contribution in [2.45, 2.75) is 44.3 Å². The average molecular weight is 701 g/mol. The Hall–Kier alpha value is -4.05. The van der Waals surface area contributed by atoms with E-state index in [4.69, 9.17) is 26.4 Å².